The number of hydrogen-bond donors (Lipinski definition) is 1. The molecule has 0 spiro atoms. The van der Waals surface area contributed by atoms with Gasteiger partial charge in [-0.1, -0.05) is 30.7 Å². The zero-order valence-electron chi connectivity index (χ0n) is 10.2. The Labute approximate surface area is 98.4 Å². The highest BCUT2D eigenvalue weighted by Gasteiger charge is 2.21. The average molecular weight is 218 g/mol. The van der Waals surface area contributed by atoms with Crippen LogP contribution in [0.25, 0.3) is 0 Å². The van der Waals surface area contributed by atoms with Crippen molar-refractivity contribution in [1.29, 1.82) is 0 Å². The molecule has 1 fully saturated rings. The molecule has 2 heteroatoms. The first-order valence-electron chi connectivity index (χ1n) is 6.28. The summed E-state index contributed by atoms with van der Waals surface area (Å²) in [5.74, 6) is 0. The predicted octanol–water partition coefficient (Wildman–Crippen LogP) is 2.17. The summed E-state index contributed by atoms with van der Waals surface area (Å²) in [6, 6.07) is 9.36. The van der Waals surface area contributed by atoms with E-state index in [4.69, 9.17) is 5.73 Å². The Morgan fingerprint density at radius 3 is 2.50 bits per heavy atom. The summed E-state index contributed by atoms with van der Waals surface area (Å²) in [5.41, 5.74) is 8.45. The van der Waals surface area contributed by atoms with Crippen molar-refractivity contribution in [2.45, 2.75) is 38.3 Å². The summed E-state index contributed by atoms with van der Waals surface area (Å²) >= 11 is 0. The van der Waals surface area contributed by atoms with Crippen LogP contribution in [0.4, 0.5) is 0 Å². The van der Waals surface area contributed by atoms with Crippen LogP contribution in [0.15, 0.2) is 24.3 Å². The molecule has 1 aliphatic rings. The molecule has 1 aliphatic carbocycles. The molecule has 16 heavy (non-hydrogen) atoms. The summed E-state index contributed by atoms with van der Waals surface area (Å²) < 4.78 is 0. The molecule has 1 aromatic carbocycles. The van der Waals surface area contributed by atoms with Crippen LogP contribution in [0, 0.1) is 0 Å². The van der Waals surface area contributed by atoms with Gasteiger partial charge in [0.25, 0.3) is 0 Å². The summed E-state index contributed by atoms with van der Waals surface area (Å²) in [4.78, 5) is 2.50. The van der Waals surface area contributed by atoms with Gasteiger partial charge in [0.2, 0.25) is 0 Å². The molecule has 0 aromatic heterocycles. The lowest BCUT2D eigenvalue weighted by Crippen LogP contribution is -2.38. The van der Waals surface area contributed by atoms with Gasteiger partial charge < -0.3 is 10.6 Å². The van der Waals surface area contributed by atoms with Gasteiger partial charge in [0, 0.05) is 19.1 Å². The fourth-order valence-corrected chi connectivity index (χ4v) is 2.31. The maximum absolute atomic E-state index is 5.74. The molecule has 0 bridgehead atoms. The van der Waals surface area contributed by atoms with E-state index in [9.17, 15) is 0 Å². The van der Waals surface area contributed by atoms with Crippen LogP contribution >= 0.6 is 0 Å². The van der Waals surface area contributed by atoms with E-state index in [-0.39, 0.29) is 0 Å². The van der Waals surface area contributed by atoms with Crippen molar-refractivity contribution in [2.24, 2.45) is 5.73 Å². The molecule has 0 aliphatic heterocycles. The molecule has 0 saturated heterocycles. The van der Waals surface area contributed by atoms with Gasteiger partial charge >= 0.3 is 0 Å². The van der Waals surface area contributed by atoms with Crippen molar-refractivity contribution >= 4 is 0 Å². The van der Waals surface area contributed by atoms with Gasteiger partial charge in [-0.05, 0) is 37.4 Å². The molecule has 2 rings (SSSR count). The molecular formula is C14H22N2. The van der Waals surface area contributed by atoms with E-state index in [0.29, 0.717) is 6.54 Å². The van der Waals surface area contributed by atoms with E-state index in [1.807, 2.05) is 0 Å². The Bertz CT molecular complexity index is 331. The SMILES string of the molecule is CN(CCc1ccccc1CN)C1CCC1. The third-order valence-corrected chi connectivity index (χ3v) is 3.77. The third kappa shape index (κ3) is 2.63. The lowest BCUT2D eigenvalue weighted by atomic mass is 9.91. The Morgan fingerprint density at radius 1 is 1.25 bits per heavy atom. The average Bonchev–Trinajstić information content (AvgIpc) is 2.24. The number of likely N-dealkylation sites (N-methyl/N-ethyl adjacent to an activating group) is 1. The van der Waals surface area contributed by atoms with E-state index < -0.39 is 0 Å². The van der Waals surface area contributed by atoms with Crippen LogP contribution in [-0.2, 0) is 13.0 Å². The van der Waals surface area contributed by atoms with Gasteiger partial charge in [-0.3, -0.25) is 0 Å². The molecule has 88 valence electrons. The summed E-state index contributed by atoms with van der Waals surface area (Å²) in [6.07, 6.45) is 5.30. The predicted molar refractivity (Wildman–Crippen MR) is 68.3 cm³/mol. The van der Waals surface area contributed by atoms with Gasteiger partial charge in [0.15, 0.2) is 0 Å². The quantitative estimate of drug-likeness (QED) is 0.820. The maximum atomic E-state index is 5.74. The summed E-state index contributed by atoms with van der Waals surface area (Å²) in [7, 11) is 2.24. The normalized spacial score (nSPS) is 16.4. The highest BCUT2D eigenvalue weighted by molar-refractivity contribution is 5.27. The highest BCUT2D eigenvalue weighted by atomic mass is 15.1. The maximum Gasteiger partial charge on any atom is 0.0180 e. The minimum atomic E-state index is 0.656. The Balaban J connectivity index is 1.88. The fraction of sp³-hybridized carbons (Fsp3) is 0.571. The Hall–Kier alpha value is -0.860. The number of nitrogens with zero attached hydrogens (tertiary/aromatic N) is 1. The Kier molecular flexibility index (Phi) is 3.97. The van der Waals surface area contributed by atoms with Crippen molar-refractivity contribution < 1.29 is 0 Å². The van der Waals surface area contributed by atoms with Crippen LogP contribution < -0.4 is 5.73 Å². The first-order chi connectivity index (χ1) is 7.81. The number of benzene rings is 1. The molecule has 2 N–H and O–H groups in total. The standard InChI is InChI=1S/C14H22N2/c1-16(14-7-4-8-14)10-9-12-5-2-3-6-13(12)11-15/h2-3,5-6,14H,4,7-11,15H2,1H3. The minimum Gasteiger partial charge on any atom is -0.326 e. The zero-order chi connectivity index (χ0) is 11.4. The number of hydrogen-bond acceptors (Lipinski definition) is 2. The molecular weight excluding hydrogens is 196 g/mol. The largest absolute Gasteiger partial charge is 0.326 e. The third-order valence-electron chi connectivity index (χ3n) is 3.77. The first kappa shape index (κ1) is 11.6. The van der Waals surface area contributed by atoms with Gasteiger partial charge in [0.05, 0.1) is 0 Å². The van der Waals surface area contributed by atoms with E-state index >= 15 is 0 Å². The molecule has 0 heterocycles. The van der Waals surface area contributed by atoms with E-state index in [2.05, 4.69) is 36.2 Å². The zero-order valence-corrected chi connectivity index (χ0v) is 10.2. The molecule has 0 unspecified atom stereocenters. The second kappa shape index (κ2) is 5.46. The summed E-state index contributed by atoms with van der Waals surface area (Å²) in [5, 5.41) is 0. The van der Waals surface area contributed by atoms with Crippen LogP contribution in [0.3, 0.4) is 0 Å². The van der Waals surface area contributed by atoms with E-state index in [1.165, 1.54) is 30.4 Å². The van der Waals surface area contributed by atoms with Gasteiger partial charge in [0.1, 0.15) is 0 Å². The topological polar surface area (TPSA) is 29.3 Å². The van der Waals surface area contributed by atoms with Crippen LogP contribution in [-0.4, -0.2) is 24.5 Å². The minimum absolute atomic E-state index is 0.656. The van der Waals surface area contributed by atoms with E-state index in [1.54, 1.807) is 0 Å². The molecule has 2 nitrogen and oxygen atoms in total. The lowest BCUT2D eigenvalue weighted by Gasteiger charge is -2.34. The first-order valence-corrected chi connectivity index (χ1v) is 6.28. The lowest BCUT2D eigenvalue weighted by molar-refractivity contribution is 0.161. The van der Waals surface area contributed by atoms with Crippen LogP contribution in [0.2, 0.25) is 0 Å². The monoisotopic (exact) mass is 218 g/mol. The molecule has 0 amide bonds. The second-order valence-electron chi connectivity index (χ2n) is 4.79. The second-order valence-corrected chi connectivity index (χ2v) is 4.79. The van der Waals surface area contributed by atoms with Gasteiger partial charge in [-0.2, -0.15) is 0 Å². The van der Waals surface area contributed by atoms with E-state index in [0.717, 1.165) is 19.0 Å². The summed E-state index contributed by atoms with van der Waals surface area (Å²) in [6.45, 7) is 1.81. The molecule has 1 saturated carbocycles. The van der Waals surface area contributed by atoms with Crippen molar-refractivity contribution in [3.8, 4) is 0 Å². The molecule has 0 radical (unpaired) electrons. The van der Waals surface area contributed by atoms with Crippen molar-refractivity contribution in [3.63, 3.8) is 0 Å². The molecule has 1 aromatic rings. The molecule has 0 atom stereocenters. The van der Waals surface area contributed by atoms with Gasteiger partial charge in [-0.15, -0.1) is 0 Å². The van der Waals surface area contributed by atoms with Crippen LogP contribution in [0.1, 0.15) is 30.4 Å². The van der Waals surface area contributed by atoms with Gasteiger partial charge in [-0.25, -0.2) is 0 Å². The smallest absolute Gasteiger partial charge is 0.0180 e. The fourth-order valence-electron chi connectivity index (χ4n) is 2.31. The number of nitrogens with two attached hydrogens (primary N) is 1. The number of rotatable bonds is 5. The van der Waals surface area contributed by atoms with Crippen molar-refractivity contribution in [1.82, 2.24) is 4.90 Å². The highest BCUT2D eigenvalue weighted by Crippen LogP contribution is 2.23. The van der Waals surface area contributed by atoms with Crippen molar-refractivity contribution in [2.75, 3.05) is 13.6 Å². The van der Waals surface area contributed by atoms with Crippen molar-refractivity contribution in [3.05, 3.63) is 35.4 Å². The van der Waals surface area contributed by atoms with Crippen LogP contribution in [0.5, 0.6) is 0 Å². The Morgan fingerprint density at radius 2 is 1.94 bits per heavy atom.